The Labute approximate surface area is 54.2 Å². The van der Waals surface area contributed by atoms with Crippen molar-refractivity contribution in [3.63, 3.8) is 0 Å². The minimum absolute atomic E-state index is 0.664. The van der Waals surface area contributed by atoms with Crippen LogP contribution >= 0.6 is 11.3 Å². The summed E-state index contributed by atoms with van der Waals surface area (Å²) < 4.78 is 0. The van der Waals surface area contributed by atoms with Gasteiger partial charge in [0.15, 0.2) is 0 Å². The average Bonchev–Trinajstić information content (AvgIpc) is 2.12. The van der Waals surface area contributed by atoms with Crippen molar-refractivity contribution in [2.24, 2.45) is 0 Å². The molecule has 0 unspecified atom stereocenters. The number of rotatable bonds is 1. The van der Waals surface area contributed by atoms with E-state index in [-0.39, 0.29) is 0 Å². The van der Waals surface area contributed by atoms with Crippen molar-refractivity contribution < 1.29 is 0 Å². The number of thiophene rings is 1. The highest BCUT2D eigenvalue weighted by atomic mass is 32.1. The van der Waals surface area contributed by atoms with Crippen LogP contribution < -0.4 is 0 Å². The third kappa shape index (κ3) is 1.10. The SMILES string of the molecule is CC(C)c1c[c]sc1. The first-order chi connectivity index (χ1) is 3.80. The van der Waals surface area contributed by atoms with E-state index in [9.17, 15) is 0 Å². The van der Waals surface area contributed by atoms with Crippen LogP contribution in [0.25, 0.3) is 0 Å². The summed E-state index contributed by atoms with van der Waals surface area (Å²) in [5.74, 6) is 0.664. The number of hydrogen-bond donors (Lipinski definition) is 0. The third-order valence-corrected chi connectivity index (χ3v) is 1.80. The van der Waals surface area contributed by atoms with Crippen LogP contribution in [0.15, 0.2) is 11.4 Å². The quantitative estimate of drug-likeness (QED) is 0.541. The summed E-state index contributed by atoms with van der Waals surface area (Å²) in [4.78, 5) is 0. The molecule has 43 valence electrons. The van der Waals surface area contributed by atoms with Crippen molar-refractivity contribution in [2.75, 3.05) is 0 Å². The molecule has 1 aromatic heterocycles. The fourth-order valence-corrected chi connectivity index (χ4v) is 1.29. The van der Waals surface area contributed by atoms with Gasteiger partial charge in [0.1, 0.15) is 0 Å². The maximum atomic E-state index is 3.05. The van der Waals surface area contributed by atoms with Gasteiger partial charge in [0.25, 0.3) is 0 Å². The molecule has 1 aromatic rings. The lowest BCUT2D eigenvalue weighted by Gasteiger charge is -1.96. The van der Waals surface area contributed by atoms with Crippen molar-refractivity contribution >= 4 is 11.3 Å². The molecule has 1 heterocycles. The van der Waals surface area contributed by atoms with Crippen molar-refractivity contribution in [3.8, 4) is 0 Å². The Hall–Kier alpha value is -0.300. The van der Waals surface area contributed by atoms with E-state index in [2.05, 4.69) is 30.7 Å². The molecule has 0 aromatic carbocycles. The first kappa shape index (κ1) is 5.83. The van der Waals surface area contributed by atoms with E-state index in [0.717, 1.165) is 0 Å². The lowest BCUT2D eigenvalue weighted by molar-refractivity contribution is 0.872. The normalized spacial score (nSPS) is 10.4. The topological polar surface area (TPSA) is 0 Å². The van der Waals surface area contributed by atoms with Gasteiger partial charge in [-0.25, -0.2) is 0 Å². The molecule has 0 aliphatic carbocycles. The third-order valence-electron chi connectivity index (χ3n) is 1.16. The summed E-state index contributed by atoms with van der Waals surface area (Å²) in [6.45, 7) is 4.38. The molecule has 0 bridgehead atoms. The zero-order valence-electron chi connectivity index (χ0n) is 5.14. The first-order valence-electron chi connectivity index (χ1n) is 2.75. The van der Waals surface area contributed by atoms with Crippen LogP contribution in [0.1, 0.15) is 25.3 Å². The van der Waals surface area contributed by atoms with Gasteiger partial charge < -0.3 is 0 Å². The van der Waals surface area contributed by atoms with E-state index >= 15 is 0 Å². The Morgan fingerprint density at radius 1 is 1.62 bits per heavy atom. The fourth-order valence-electron chi connectivity index (χ4n) is 0.541. The van der Waals surface area contributed by atoms with Gasteiger partial charge in [0.2, 0.25) is 0 Å². The average molecular weight is 125 g/mol. The monoisotopic (exact) mass is 125 g/mol. The predicted octanol–water partition coefficient (Wildman–Crippen LogP) is 2.67. The van der Waals surface area contributed by atoms with E-state index < -0.39 is 0 Å². The van der Waals surface area contributed by atoms with Gasteiger partial charge in [-0.3, -0.25) is 0 Å². The molecular formula is C7H9S. The van der Waals surface area contributed by atoms with Gasteiger partial charge in [0.05, 0.1) is 0 Å². The zero-order chi connectivity index (χ0) is 5.98. The highest BCUT2D eigenvalue weighted by Gasteiger charge is 1.95. The Morgan fingerprint density at radius 2 is 2.38 bits per heavy atom. The summed E-state index contributed by atoms with van der Waals surface area (Å²) in [7, 11) is 0. The summed E-state index contributed by atoms with van der Waals surface area (Å²) in [5.41, 5.74) is 1.40. The maximum absolute atomic E-state index is 3.05. The molecule has 0 aliphatic heterocycles. The Morgan fingerprint density at radius 3 is 2.62 bits per heavy atom. The van der Waals surface area contributed by atoms with Crippen LogP contribution in [0.4, 0.5) is 0 Å². The first-order valence-corrected chi connectivity index (χ1v) is 3.63. The van der Waals surface area contributed by atoms with E-state index in [1.807, 2.05) is 0 Å². The lowest BCUT2D eigenvalue weighted by atomic mass is 10.1. The van der Waals surface area contributed by atoms with Crippen molar-refractivity contribution in [1.82, 2.24) is 0 Å². The van der Waals surface area contributed by atoms with Crippen LogP contribution in [-0.2, 0) is 0 Å². The van der Waals surface area contributed by atoms with Gasteiger partial charge in [-0.05, 0) is 22.9 Å². The molecule has 0 fully saturated rings. The second kappa shape index (κ2) is 2.31. The summed E-state index contributed by atoms with van der Waals surface area (Å²) in [6.07, 6.45) is 0. The molecule has 0 saturated carbocycles. The molecule has 1 radical (unpaired) electrons. The minimum atomic E-state index is 0.664. The van der Waals surface area contributed by atoms with Crippen LogP contribution in [0.5, 0.6) is 0 Å². The van der Waals surface area contributed by atoms with Gasteiger partial charge >= 0.3 is 0 Å². The predicted molar refractivity (Wildman–Crippen MR) is 37.2 cm³/mol. The summed E-state index contributed by atoms with van der Waals surface area (Å²) >= 11 is 1.64. The largest absolute Gasteiger partial charge is 0.143 e. The van der Waals surface area contributed by atoms with Gasteiger partial charge in [-0.2, -0.15) is 0 Å². The Kier molecular flexibility index (Phi) is 1.69. The second-order valence-electron chi connectivity index (χ2n) is 2.15. The van der Waals surface area contributed by atoms with Gasteiger partial charge in [0, 0.05) is 5.38 Å². The zero-order valence-corrected chi connectivity index (χ0v) is 5.96. The Bertz CT molecular complexity index is 139. The standard InChI is InChI=1S/C7H9S/c1-6(2)7-3-4-8-5-7/h3,5-6H,1-2H3. The Balaban J connectivity index is 2.77. The van der Waals surface area contributed by atoms with E-state index in [1.165, 1.54) is 5.56 Å². The summed E-state index contributed by atoms with van der Waals surface area (Å²) in [5, 5.41) is 5.20. The van der Waals surface area contributed by atoms with Gasteiger partial charge in [-0.1, -0.05) is 13.8 Å². The lowest BCUT2D eigenvalue weighted by Crippen LogP contribution is -1.79. The van der Waals surface area contributed by atoms with Gasteiger partial charge in [-0.15, -0.1) is 11.3 Å². The molecule has 8 heavy (non-hydrogen) atoms. The highest BCUT2D eigenvalue weighted by Crippen LogP contribution is 2.15. The molecule has 0 spiro atoms. The maximum Gasteiger partial charge on any atom is 0.0445 e. The molecule has 0 atom stereocenters. The molecular weight excluding hydrogens is 116 g/mol. The van der Waals surface area contributed by atoms with Crippen LogP contribution in [0.3, 0.4) is 0 Å². The molecule has 0 saturated heterocycles. The molecule has 0 nitrogen and oxygen atoms in total. The smallest absolute Gasteiger partial charge is 0.0445 e. The molecule has 0 amide bonds. The fraction of sp³-hybridized carbons (Fsp3) is 0.429. The van der Waals surface area contributed by atoms with Crippen molar-refractivity contribution in [3.05, 3.63) is 22.4 Å². The van der Waals surface area contributed by atoms with Crippen LogP contribution in [-0.4, -0.2) is 0 Å². The second-order valence-corrected chi connectivity index (χ2v) is 2.86. The van der Waals surface area contributed by atoms with E-state index in [0.29, 0.717) is 5.92 Å². The molecule has 1 heteroatoms. The van der Waals surface area contributed by atoms with Crippen molar-refractivity contribution in [1.29, 1.82) is 0 Å². The van der Waals surface area contributed by atoms with E-state index in [4.69, 9.17) is 0 Å². The van der Waals surface area contributed by atoms with Crippen molar-refractivity contribution in [2.45, 2.75) is 19.8 Å². The molecule has 0 N–H and O–H groups in total. The number of hydrogen-bond acceptors (Lipinski definition) is 1. The van der Waals surface area contributed by atoms with Crippen LogP contribution in [0.2, 0.25) is 0 Å². The minimum Gasteiger partial charge on any atom is -0.143 e. The highest BCUT2D eigenvalue weighted by molar-refractivity contribution is 7.07. The summed E-state index contributed by atoms with van der Waals surface area (Å²) in [6, 6.07) is 2.05. The molecule has 1 rings (SSSR count). The van der Waals surface area contributed by atoms with Crippen LogP contribution in [0, 0.1) is 5.38 Å². The molecule has 0 aliphatic rings. The van der Waals surface area contributed by atoms with E-state index in [1.54, 1.807) is 11.3 Å².